The Morgan fingerprint density at radius 3 is 2.63 bits per heavy atom. The van der Waals surface area contributed by atoms with E-state index in [-0.39, 0.29) is 10.5 Å². The van der Waals surface area contributed by atoms with Crippen molar-refractivity contribution in [2.75, 3.05) is 11.3 Å². The number of rotatable bonds is 7. The largest absolute Gasteiger partial charge is 0.492 e. The second-order valence-electron chi connectivity index (χ2n) is 5.72. The highest BCUT2D eigenvalue weighted by molar-refractivity contribution is 7.92. The molecule has 2 aromatic carbocycles. The SMILES string of the molecule is CCCOc1ccc(S(=O)(=O)Nc2ccc(-n3cccn3)cc2)cc1C#N. The predicted octanol–water partition coefficient (Wildman–Crippen LogP) is 3.33. The third-order valence-electron chi connectivity index (χ3n) is 3.73. The number of anilines is 1. The summed E-state index contributed by atoms with van der Waals surface area (Å²) in [6, 6.07) is 14.8. The molecule has 138 valence electrons. The van der Waals surface area contributed by atoms with E-state index in [4.69, 9.17) is 4.74 Å². The number of aromatic nitrogens is 2. The molecule has 0 spiro atoms. The first kappa shape index (κ1) is 18.5. The minimum Gasteiger partial charge on any atom is -0.492 e. The first-order valence-corrected chi connectivity index (χ1v) is 9.81. The molecule has 0 atom stereocenters. The molecule has 7 nitrogen and oxygen atoms in total. The van der Waals surface area contributed by atoms with Gasteiger partial charge in [0.2, 0.25) is 0 Å². The molecule has 0 saturated carbocycles. The summed E-state index contributed by atoms with van der Waals surface area (Å²) < 4.78 is 34.9. The van der Waals surface area contributed by atoms with Gasteiger partial charge in [-0.25, -0.2) is 13.1 Å². The molecule has 0 fully saturated rings. The lowest BCUT2D eigenvalue weighted by atomic mass is 10.2. The molecule has 3 rings (SSSR count). The van der Waals surface area contributed by atoms with Crippen LogP contribution >= 0.6 is 0 Å². The molecule has 3 aromatic rings. The Bertz CT molecular complexity index is 1050. The summed E-state index contributed by atoms with van der Waals surface area (Å²) in [6.45, 7) is 2.41. The molecule has 1 aromatic heterocycles. The summed E-state index contributed by atoms with van der Waals surface area (Å²) >= 11 is 0. The quantitative estimate of drug-likeness (QED) is 0.676. The van der Waals surface area contributed by atoms with Crippen LogP contribution in [0.3, 0.4) is 0 Å². The van der Waals surface area contributed by atoms with Gasteiger partial charge in [0.25, 0.3) is 10.0 Å². The lowest BCUT2D eigenvalue weighted by Gasteiger charge is -2.11. The van der Waals surface area contributed by atoms with Crippen LogP contribution in [0.1, 0.15) is 18.9 Å². The molecule has 0 amide bonds. The van der Waals surface area contributed by atoms with Crippen LogP contribution < -0.4 is 9.46 Å². The number of sulfonamides is 1. The van der Waals surface area contributed by atoms with Gasteiger partial charge < -0.3 is 4.74 Å². The maximum Gasteiger partial charge on any atom is 0.261 e. The van der Waals surface area contributed by atoms with E-state index in [1.165, 1.54) is 18.2 Å². The molecule has 0 aliphatic rings. The highest BCUT2D eigenvalue weighted by atomic mass is 32.2. The van der Waals surface area contributed by atoms with Gasteiger partial charge >= 0.3 is 0 Å². The molecule has 27 heavy (non-hydrogen) atoms. The van der Waals surface area contributed by atoms with Crippen molar-refractivity contribution in [2.24, 2.45) is 0 Å². The Morgan fingerprint density at radius 2 is 2.00 bits per heavy atom. The van der Waals surface area contributed by atoms with E-state index in [9.17, 15) is 13.7 Å². The van der Waals surface area contributed by atoms with Crippen molar-refractivity contribution in [1.29, 1.82) is 5.26 Å². The number of nitrogens with one attached hydrogen (secondary N) is 1. The Hall–Kier alpha value is -3.31. The minimum absolute atomic E-state index is 0.000878. The first-order valence-electron chi connectivity index (χ1n) is 8.33. The third kappa shape index (κ3) is 4.27. The normalized spacial score (nSPS) is 11.0. The Labute approximate surface area is 157 Å². The van der Waals surface area contributed by atoms with Crippen molar-refractivity contribution in [1.82, 2.24) is 9.78 Å². The second kappa shape index (κ2) is 7.93. The van der Waals surface area contributed by atoms with Gasteiger partial charge in [-0.05, 0) is 55.0 Å². The number of nitriles is 1. The van der Waals surface area contributed by atoms with E-state index in [0.29, 0.717) is 18.0 Å². The molecule has 0 saturated heterocycles. The third-order valence-corrected chi connectivity index (χ3v) is 5.11. The van der Waals surface area contributed by atoms with Crippen LogP contribution in [0.25, 0.3) is 5.69 Å². The summed E-state index contributed by atoms with van der Waals surface area (Å²) in [5, 5.41) is 13.4. The maximum absolute atomic E-state index is 12.6. The summed E-state index contributed by atoms with van der Waals surface area (Å²) in [5.74, 6) is 0.377. The smallest absolute Gasteiger partial charge is 0.261 e. The van der Waals surface area contributed by atoms with E-state index in [1.807, 2.05) is 13.0 Å². The molecule has 1 N–H and O–H groups in total. The summed E-state index contributed by atoms with van der Waals surface area (Å²) in [5.41, 5.74) is 1.41. The monoisotopic (exact) mass is 382 g/mol. The van der Waals surface area contributed by atoms with Crippen molar-refractivity contribution in [3.05, 3.63) is 66.5 Å². The van der Waals surface area contributed by atoms with Crippen molar-refractivity contribution >= 4 is 15.7 Å². The van der Waals surface area contributed by atoms with Gasteiger partial charge in [-0.2, -0.15) is 10.4 Å². The number of nitrogens with zero attached hydrogens (tertiary/aromatic N) is 3. The van der Waals surface area contributed by atoms with E-state index in [1.54, 1.807) is 47.4 Å². The standard InChI is InChI=1S/C19H18N4O3S/c1-2-12-26-19-9-8-18(13-15(19)14-20)27(24,25)22-16-4-6-17(7-5-16)23-11-3-10-21-23/h3-11,13,22H,2,12H2,1H3. The van der Waals surface area contributed by atoms with Crippen LogP contribution in [0.15, 0.2) is 65.8 Å². The predicted molar refractivity (Wildman–Crippen MR) is 101 cm³/mol. The molecular formula is C19H18N4O3S. The van der Waals surface area contributed by atoms with Crippen LogP contribution in [-0.2, 0) is 10.0 Å². The zero-order chi connectivity index (χ0) is 19.3. The van der Waals surface area contributed by atoms with Gasteiger partial charge in [0.15, 0.2) is 0 Å². The van der Waals surface area contributed by atoms with Gasteiger partial charge in [0.05, 0.1) is 22.8 Å². The van der Waals surface area contributed by atoms with Gasteiger partial charge in [-0.15, -0.1) is 0 Å². The van der Waals surface area contributed by atoms with Crippen LogP contribution in [0.2, 0.25) is 0 Å². The average molecular weight is 382 g/mol. The van der Waals surface area contributed by atoms with Crippen molar-refractivity contribution in [3.8, 4) is 17.5 Å². The highest BCUT2D eigenvalue weighted by Gasteiger charge is 2.17. The topological polar surface area (TPSA) is 97.0 Å². The van der Waals surface area contributed by atoms with Gasteiger partial charge in [-0.3, -0.25) is 4.72 Å². The lowest BCUT2D eigenvalue weighted by Crippen LogP contribution is -2.13. The Balaban J connectivity index is 1.81. The zero-order valence-corrected chi connectivity index (χ0v) is 15.5. The summed E-state index contributed by atoms with van der Waals surface area (Å²) in [7, 11) is -3.83. The Kier molecular flexibility index (Phi) is 5.43. The van der Waals surface area contributed by atoms with E-state index in [2.05, 4.69) is 9.82 Å². The number of benzene rings is 2. The fourth-order valence-corrected chi connectivity index (χ4v) is 3.50. The van der Waals surface area contributed by atoms with E-state index >= 15 is 0 Å². The molecule has 8 heteroatoms. The fraction of sp³-hybridized carbons (Fsp3) is 0.158. The average Bonchev–Trinajstić information content (AvgIpc) is 3.21. The van der Waals surface area contributed by atoms with E-state index in [0.717, 1.165) is 12.1 Å². The van der Waals surface area contributed by atoms with Gasteiger partial charge in [0.1, 0.15) is 11.8 Å². The first-order chi connectivity index (χ1) is 13.0. The molecule has 0 unspecified atom stereocenters. The lowest BCUT2D eigenvalue weighted by molar-refractivity contribution is 0.316. The van der Waals surface area contributed by atoms with Crippen molar-refractivity contribution in [2.45, 2.75) is 18.2 Å². The molecule has 1 heterocycles. The zero-order valence-electron chi connectivity index (χ0n) is 14.7. The van der Waals surface area contributed by atoms with Crippen LogP contribution in [-0.4, -0.2) is 24.8 Å². The number of hydrogen-bond donors (Lipinski definition) is 1. The summed E-state index contributed by atoms with van der Waals surface area (Å²) in [6.07, 6.45) is 4.25. The van der Waals surface area contributed by atoms with Crippen LogP contribution in [0.5, 0.6) is 5.75 Å². The molecule has 0 aliphatic heterocycles. The van der Waals surface area contributed by atoms with Crippen molar-refractivity contribution < 1.29 is 13.2 Å². The second-order valence-corrected chi connectivity index (χ2v) is 7.40. The molecular weight excluding hydrogens is 364 g/mol. The molecule has 0 aliphatic carbocycles. The minimum atomic E-state index is -3.83. The Morgan fingerprint density at radius 1 is 1.22 bits per heavy atom. The number of ether oxygens (including phenoxy) is 1. The van der Waals surface area contributed by atoms with Gasteiger partial charge in [0, 0.05) is 18.1 Å². The van der Waals surface area contributed by atoms with Crippen LogP contribution in [0.4, 0.5) is 5.69 Å². The fourth-order valence-electron chi connectivity index (χ4n) is 2.42. The molecule has 0 bridgehead atoms. The maximum atomic E-state index is 12.6. The van der Waals surface area contributed by atoms with Crippen LogP contribution in [0, 0.1) is 11.3 Å². The summed E-state index contributed by atoms with van der Waals surface area (Å²) in [4.78, 5) is -0.000878. The number of hydrogen-bond acceptors (Lipinski definition) is 5. The highest BCUT2D eigenvalue weighted by Crippen LogP contribution is 2.24. The van der Waals surface area contributed by atoms with E-state index < -0.39 is 10.0 Å². The van der Waals surface area contributed by atoms with Crippen molar-refractivity contribution in [3.63, 3.8) is 0 Å². The van der Waals surface area contributed by atoms with Gasteiger partial charge in [-0.1, -0.05) is 6.92 Å². The molecule has 0 radical (unpaired) electrons.